The highest BCUT2D eigenvalue weighted by Gasteiger charge is 2.09. The predicted octanol–water partition coefficient (Wildman–Crippen LogP) is 3.58. The molecule has 16 heavy (non-hydrogen) atoms. The van der Waals surface area contributed by atoms with Crippen LogP contribution in [0.4, 0.5) is 0 Å². The van der Waals surface area contributed by atoms with Gasteiger partial charge in [0.2, 0.25) is 0 Å². The molecular formula is C15H19N. The Morgan fingerprint density at radius 1 is 1.25 bits per heavy atom. The minimum absolute atomic E-state index is 0.612. The van der Waals surface area contributed by atoms with Crippen molar-refractivity contribution in [3.63, 3.8) is 0 Å². The fourth-order valence-corrected chi connectivity index (χ4v) is 2.13. The van der Waals surface area contributed by atoms with Gasteiger partial charge >= 0.3 is 0 Å². The lowest BCUT2D eigenvalue weighted by Crippen LogP contribution is -2.03. The van der Waals surface area contributed by atoms with Crippen LogP contribution < -0.4 is 0 Å². The largest absolute Gasteiger partial charge is 0.248 e. The van der Waals surface area contributed by atoms with Gasteiger partial charge in [-0.3, -0.25) is 0 Å². The summed E-state index contributed by atoms with van der Waals surface area (Å²) in [5, 5.41) is 0. The zero-order chi connectivity index (χ0) is 11.2. The molecule has 0 bridgehead atoms. The first-order valence-electron chi connectivity index (χ1n) is 6.35. The van der Waals surface area contributed by atoms with E-state index in [4.69, 9.17) is 0 Å². The summed E-state index contributed by atoms with van der Waals surface area (Å²) in [6, 6.07) is 4.16. The van der Waals surface area contributed by atoms with Crippen molar-refractivity contribution >= 4 is 0 Å². The molecule has 1 aliphatic carbocycles. The monoisotopic (exact) mass is 213 g/mol. The lowest BCUT2D eigenvalue weighted by Gasteiger charge is -2.15. The summed E-state index contributed by atoms with van der Waals surface area (Å²) in [7, 11) is 0. The summed E-state index contributed by atoms with van der Waals surface area (Å²) in [5.74, 6) is 7.18. The van der Waals surface area contributed by atoms with Crippen LogP contribution in [0, 0.1) is 17.8 Å². The number of nitrogens with zero attached hydrogens (tertiary/aromatic N) is 1. The van der Waals surface area contributed by atoms with Crippen LogP contribution in [0.25, 0.3) is 0 Å². The summed E-state index contributed by atoms with van der Waals surface area (Å²) in [6.07, 6.45) is 9.62. The Hall–Kier alpha value is -1.29. The van der Waals surface area contributed by atoms with E-state index < -0.39 is 0 Å². The smallest absolute Gasteiger partial charge is 0.113 e. The Morgan fingerprint density at radius 3 is 2.69 bits per heavy atom. The predicted molar refractivity (Wildman–Crippen MR) is 67.1 cm³/mol. The zero-order valence-electron chi connectivity index (χ0n) is 10.00. The molecule has 0 unspecified atom stereocenters. The van der Waals surface area contributed by atoms with Gasteiger partial charge in [-0.2, -0.15) is 0 Å². The maximum absolute atomic E-state index is 4.36. The van der Waals surface area contributed by atoms with Gasteiger partial charge in [-0.15, -0.1) is 0 Å². The number of pyridine rings is 1. The molecule has 1 aliphatic rings. The number of rotatable bonds is 1. The Morgan fingerprint density at radius 2 is 2.06 bits per heavy atom. The molecule has 2 rings (SSSR count). The second-order valence-corrected chi connectivity index (χ2v) is 4.51. The zero-order valence-corrected chi connectivity index (χ0v) is 10.00. The van der Waals surface area contributed by atoms with E-state index in [-0.39, 0.29) is 0 Å². The molecule has 0 spiro atoms. The molecule has 1 fully saturated rings. The average molecular weight is 213 g/mol. The molecule has 1 saturated carbocycles. The van der Waals surface area contributed by atoms with Crippen molar-refractivity contribution in [2.24, 2.45) is 5.92 Å². The molecule has 1 heteroatoms. The average Bonchev–Trinajstić information content (AvgIpc) is 2.38. The minimum Gasteiger partial charge on any atom is -0.248 e. The van der Waals surface area contributed by atoms with Gasteiger partial charge in [-0.1, -0.05) is 38.2 Å². The number of hydrogen-bond donors (Lipinski definition) is 0. The van der Waals surface area contributed by atoms with E-state index in [1.807, 2.05) is 12.3 Å². The summed E-state index contributed by atoms with van der Waals surface area (Å²) in [6.45, 7) is 2.14. The Kier molecular flexibility index (Phi) is 3.99. The highest BCUT2D eigenvalue weighted by atomic mass is 14.7. The molecule has 1 heterocycles. The highest BCUT2D eigenvalue weighted by molar-refractivity contribution is 5.29. The van der Waals surface area contributed by atoms with Gasteiger partial charge in [0.05, 0.1) is 0 Å². The first kappa shape index (κ1) is 11.2. The molecule has 0 amide bonds. The summed E-state index contributed by atoms with van der Waals surface area (Å²) in [5.41, 5.74) is 2.20. The third-order valence-corrected chi connectivity index (χ3v) is 3.24. The second-order valence-electron chi connectivity index (χ2n) is 4.51. The van der Waals surface area contributed by atoms with Gasteiger partial charge in [0.15, 0.2) is 0 Å². The minimum atomic E-state index is 0.612. The molecule has 1 nitrogen and oxygen atoms in total. The van der Waals surface area contributed by atoms with Crippen molar-refractivity contribution < 1.29 is 0 Å². The molecule has 0 atom stereocenters. The molecule has 1 aromatic rings. The number of aromatic nitrogens is 1. The van der Waals surface area contributed by atoms with E-state index in [0.29, 0.717) is 5.92 Å². The molecule has 0 radical (unpaired) electrons. The molecular weight excluding hydrogens is 194 g/mol. The fraction of sp³-hybridized carbons (Fsp3) is 0.533. The summed E-state index contributed by atoms with van der Waals surface area (Å²) in [4.78, 5) is 4.36. The van der Waals surface area contributed by atoms with Crippen molar-refractivity contribution in [1.82, 2.24) is 4.98 Å². The quantitative estimate of drug-likeness (QED) is 0.650. The lowest BCUT2D eigenvalue weighted by molar-refractivity contribution is 0.430. The molecule has 1 aromatic heterocycles. The third kappa shape index (κ3) is 3.10. The van der Waals surface area contributed by atoms with Crippen LogP contribution in [0.2, 0.25) is 0 Å². The molecule has 0 N–H and O–H groups in total. The van der Waals surface area contributed by atoms with E-state index in [1.54, 1.807) is 0 Å². The van der Waals surface area contributed by atoms with E-state index in [0.717, 1.165) is 12.1 Å². The van der Waals surface area contributed by atoms with Crippen LogP contribution in [0.5, 0.6) is 0 Å². The van der Waals surface area contributed by atoms with Crippen molar-refractivity contribution in [1.29, 1.82) is 0 Å². The van der Waals surface area contributed by atoms with Crippen molar-refractivity contribution in [3.05, 3.63) is 29.6 Å². The third-order valence-electron chi connectivity index (χ3n) is 3.24. The molecule has 0 saturated heterocycles. The van der Waals surface area contributed by atoms with Crippen molar-refractivity contribution in [2.75, 3.05) is 0 Å². The standard InChI is InChI=1S/C15H19N/c1-2-13-8-10-15(16-12-13)11-9-14-6-4-3-5-7-14/h8,10,12,14H,2-7H2,1H3. The van der Waals surface area contributed by atoms with E-state index in [2.05, 4.69) is 29.8 Å². The number of aryl methyl sites for hydroxylation is 1. The maximum atomic E-state index is 4.36. The fourth-order valence-electron chi connectivity index (χ4n) is 2.13. The second kappa shape index (κ2) is 5.70. The van der Waals surface area contributed by atoms with Gasteiger partial charge < -0.3 is 0 Å². The maximum Gasteiger partial charge on any atom is 0.113 e. The van der Waals surface area contributed by atoms with Crippen molar-refractivity contribution in [3.8, 4) is 11.8 Å². The van der Waals surface area contributed by atoms with Crippen LogP contribution in [0.3, 0.4) is 0 Å². The molecule has 0 aliphatic heterocycles. The van der Waals surface area contributed by atoms with Crippen LogP contribution in [0.15, 0.2) is 18.3 Å². The van der Waals surface area contributed by atoms with E-state index in [1.165, 1.54) is 37.7 Å². The molecule has 0 aromatic carbocycles. The first-order valence-corrected chi connectivity index (χ1v) is 6.35. The Bertz CT molecular complexity index is 374. The highest BCUT2D eigenvalue weighted by Crippen LogP contribution is 2.22. The number of hydrogen-bond acceptors (Lipinski definition) is 1. The topological polar surface area (TPSA) is 12.9 Å². The van der Waals surface area contributed by atoms with Crippen LogP contribution in [-0.4, -0.2) is 4.98 Å². The Balaban J connectivity index is 1.99. The van der Waals surface area contributed by atoms with Gasteiger partial charge in [0, 0.05) is 12.1 Å². The van der Waals surface area contributed by atoms with E-state index >= 15 is 0 Å². The summed E-state index contributed by atoms with van der Waals surface area (Å²) >= 11 is 0. The van der Waals surface area contributed by atoms with Gasteiger partial charge in [-0.05, 0) is 36.8 Å². The lowest BCUT2D eigenvalue weighted by atomic mass is 9.90. The van der Waals surface area contributed by atoms with Crippen molar-refractivity contribution in [2.45, 2.75) is 45.4 Å². The van der Waals surface area contributed by atoms with E-state index in [9.17, 15) is 0 Å². The first-order chi connectivity index (χ1) is 7.88. The van der Waals surface area contributed by atoms with Gasteiger partial charge in [0.1, 0.15) is 5.69 Å². The normalized spacial score (nSPS) is 16.6. The summed E-state index contributed by atoms with van der Waals surface area (Å²) < 4.78 is 0. The van der Waals surface area contributed by atoms with Gasteiger partial charge in [0.25, 0.3) is 0 Å². The van der Waals surface area contributed by atoms with Crippen LogP contribution in [-0.2, 0) is 6.42 Å². The SMILES string of the molecule is CCc1ccc(C#CC2CCCCC2)nc1. The Labute approximate surface area is 98.3 Å². The molecule has 84 valence electrons. The van der Waals surface area contributed by atoms with Gasteiger partial charge in [-0.25, -0.2) is 4.98 Å². The van der Waals surface area contributed by atoms with Crippen LogP contribution in [0.1, 0.15) is 50.3 Å². The van der Waals surface area contributed by atoms with Crippen LogP contribution >= 0.6 is 0 Å².